The van der Waals surface area contributed by atoms with Crippen LogP contribution in [0.4, 0.5) is 0 Å². The average Bonchev–Trinajstić information content (AvgIpc) is 1.88. The Labute approximate surface area is 78.6 Å². The van der Waals surface area contributed by atoms with E-state index < -0.39 is 0 Å². The Morgan fingerprint density at radius 1 is 1.36 bits per heavy atom. The summed E-state index contributed by atoms with van der Waals surface area (Å²) in [6.45, 7) is 8.54. The second kappa shape index (κ2) is 4.88. The van der Waals surface area contributed by atoms with E-state index in [2.05, 4.69) is 42.8 Å². The van der Waals surface area contributed by atoms with Gasteiger partial charge in [-0.1, -0.05) is 26.1 Å². The summed E-state index contributed by atoms with van der Waals surface area (Å²) in [7, 11) is 3.47. The minimum atomic E-state index is 0.462. The van der Waals surface area contributed by atoms with Gasteiger partial charge in [0.2, 0.25) is 0 Å². The van der Waals surface area contributed by atoms with Gasteiger partial charge in [-0.15, -0.1) is 0 Å². The van der Waals surface area contributed by atoms with E-state index >= 15 is 0 Å². The molecular weight excluding hydrogens is 170 g/mol. The maximum atomic E-state index is 5.27. The van der Waals surface area contributed by atoms with Crippen molar-refractivity contribution in [1.29, 1.82) is 0 Å². The third-order valence-electron chi connectivity index (χ3n) is 1.57. The lowest BCUT2D eigenvalue weighted by Gasteiger charge is -2.29. The van der Waals surface area contributed by atoms with Gasteiger partial charge < -0.3 is 4.90 Å². The molecule has 0 spiro atoms. The van der Waals surface area contributed by atoms with Crippen LogP contribution in [-0.2, 0) is 0 Å². The number of nitrogens with zero attached hydrogens (tertiary/aromatic N) is 1. The molecule has 0 aromatic rings. The molecular formula is C8H16NSSi. The minimum Gasteiger partial charge on any atom is -0.367 e. The smallest absolute Gasteiger partial charge is 0.0804 e. The highest BCUT2D eigenvalue weighted by atomic mass is 32.1. The molecule has 0 aromatic heterocycles. The fourth-order valence-electron chi connectivity index (χ4n) is 0.847. The first-order valence-electron chi connectivity index (χ1n) is 3.95. The monoisotopic (exact) mass is 186 g/mol. The molecule has 0 heterocycles. The first-order valence-corrected chi connectivity index (χ1v) is 5.07. The van der Waals surface area contributed by atoms with Crippen LogP contribution in [-0.4, -0.2) is 32.3 Å². The van der Waals surface area contributed by atoms with Gasteiger partial charge in [-0.05, 0) is 13.8 Å². The number of hydrogen-bond donors (Lipinski definition) is 0. The Bertz CT molecular complexity index is 134. The molecule has 0 amide bonds. The topological polar surface area (TPSA) is 3.24 Å². The summed E-state index contributed by atoms with van der Waals surface area (Å²) >= 11 is 5.27. The van der Waals surface area contributed by atoms with E-state index in [0.29, 0.717) is 12.0 Å². The molecule has 0 saturated carbocycles. The second-order valence-electron chi connectivity index (χ2n) is 3.21. The molecule has 0 bridgehead atoms. The van der Waals surface area contributed by atoms with Gasteiger partial charge in [0.05, 0.1) is 15.2 Å². The van der Waals surface area contributed by atoms with Crippen molar-refractivity contribution in [2.24, 2.45) is 5.92 Å². The third-order valence-corrected chi connectivity index (χ3v) is 2.62. The van der Waals surface area contributed by atoms with Crippen LogP contribution in [0.15, 0.2) is 0 Å². The molecule has 0 fully saturated rings. The van der Waals surface area contributed by atoms with E-state index in [-0.39, 0.29) is 0 Å². The normalized spacial score (nSPS) is 10.8. The lowest BCUT2D eigenvalue weighted by atomic mass is 10.2. The Kier molecular flexibility index (Phi) is 4.93. The largest absolute Gasteiger partial charge is 0.367 e. The number of thiocarbonyl (C=S) groups is 1. The van der Waals surface area contributed by atoms with Crippen molar-refractivity contribution in [3.05, 3.63) is 0 Å². The number of hydrogen-bond acceptors (Lipinski definition) is 1. The summed E-state index contributed by atoms with van der Waals surface area (Å²) in [5.74, 6) is 0.462. The Morgan fingerprint density at radius 2 is 1.82 bits per heavy atom. The third kappa shape index (κ3) is 3.34. The van der Waals surface area contributed by atoms with Crippen molar-refractivity contribution in [1.82, 2.24) is 4.90 Å². The summed E-state index contributed by atoms with van der Waals surface area (Å²) < 4.78 is 0. The van der Waals surface area contributed by atoms with Crippen molar-refractivity contribution in [3.63, 3.8) is 0 Å². The standard InChI is InChI=1S/C8H16NSSi/c1-6(2)8(10)9(5-11)7(3)4/h6-7H,5H2,1-4H3. The van der Waals surface area contributed by atoms with Crippen LogP contribution in [0.25, 0.3) is 0 Å². The van der Waals surface area contributed by atoms with Gasteiger partial charge in [-0.3, -0.25) is 0 Å². The van der Waals surface area contributed by atoms with Crippen molar-refractivity contribution >= 4 is 27.4 Å². The molecule has 3 heteroatoms. The summed E-state index contributed by atoms with van der Waals surface area (Å²) in [4.78, 5) is 3.21. The molecule has 0 unspecified atom stereocenters. The lowest BCUT2D eigenvalue weighted by molar-refractivity contribution is 0.390. The molecule has 0 aliphatic carbocycles. The summed E-state index contributed by atoms with van der Waals surface area (Å²) in [6.07, 6.45) is 0.828. The van der Waals surface area contributed by atoms with E-state index in [0.717, 1.165) is 11.2 Å². The van der Waals surface area contributed by atoms with Crippen LogP contribution in [0.2, 0.25) is 0 Å². The van der Waals surface area contributed by atoms with Gasteiger partial charge >= 0.3 is 0 Å². The van der Waals surface area contributed by atoms with Crippen LogP contribution in [0.1, 0.15) is 27.7 Å². The van der Waals surface area contributed by atoms with Gasteiger partial charge in [0.25, 0.3) is 0 Å². The molecule has 0 N–H and O–H groups in total. The van der Waals surface area contributed by atoms with Crippen LogP contribution in [0.5, 0.6) is 0 Å². The first kappa shape index (κ1) is 11.1. The highest BCUT2D eigenvalue weighted by Crippen LogP contribution is 2.06. The van der Waals surface area contributed by atoms with Crippen LogP contribution in [0, 0.1) is 5.92 Å². The predicted octanol–water partition coefficient (Wildman–Crippen LogP) is 1.81. The maximum absolute atomic E-state index is 5.27. The van der Waals surface area contributed by atoms with Crippen LogP contribution < -0.4 is 0 Å². The van der Waals surface area contributed by atoms with E-state index in [9.17, 15) is 0 Å². The van der Waals surface area contributed by atoms with Gasteiger partial charge in [0.1, 0.15) is 0 Å². The Balaban J connectivity index is 4.15. The Morgan fingerprint density at radius 3 is 1.91 bits per heavy atom. The van der Waals surface area contributed by atoms with E-state index in [1.807, 2.05) is 0 Å². The molecule has 0 atom stereocenters. The lowest BCUT2D eigenvalue weighted by Crippen LogP contribution is -2.39. The number of rotatable bonds is 3. The molecule has 3 radical (unpaired) electrons. The summed E-state index contributed by atoms with van der Waals surface area (Å²) in [6, 6.07) is 0.488. The molecule has 1 nitrogen and oxygen atoms in total. The fraction of sp³-hybridized carbons (Fsp3) is 0.875. The zero-order valence-corrected chi connectivity index (χ0v) is 9.53. The quantitative estimate of drug-likeness (QED) is 0.488. The van der Waals surface area contributed by atoms with E-state index in [4.69, 9.17) is 12.2 Å². The first-order chi connectivity index (χ1) is 5.00. The Hall–Kier alpha value is 0.107. The van der Waals surface area contributed by atoms with Crippen molar-refractivity contribution in [2.75, 3.05) is 6.17 Å². The molecule has 11 heavy (non-hydrogen) atoms. The van der Waals surface area contributed by atoms with E-state index in [1.165, 1.54) is 0 Å². The summed E-state index contributed by atoms with van der Waals surface area (Å²) in [5, 5.41) is 0. The van der Waals surface area contributed by atoms with Gasteiger partial charge in [0.15, 0.2) is 0 Å². The zero-order chi connectivity index (χ0) is 9.02. The molecule has 0 aromatic carbocycles. The van der Waals surface area contributed by atoms with Crippen molar-refractivity contribution in [3.8, 4) is 0 Å². The summed E-state index contributed by atoms with van der Waals surface area (Å²) in [5.41, 5.74) is 0. The molecule has 0 aliphatic heterocycles. The van der Waals surface area contributed by atoms with Gasteiger partial charge in [-0.2, -0.15) is 0 Å². The molecule has 63 valence electrons. The predicted molar refractivity (Wildman–Crippen MR) is 55.0 cm³/mol. The van der Waals surface area contributed by atoms with Crippen LogP contribution in [0.3, 0.4) is 0 Å². The second-order valence-corrected chi connectivity index (χ2v) is 3.95. The SMILES string of the molecule is CC(C)C(=S)N(C[Si])C(C)C. The zero-order valence-electron chi connectivity index (χ0n) is 7.72. The highest BCUT2D eigenvalue weighted by Gasteiger charge is 2.13. The van der Waals surface area contributed by atoms with Crippen molar-refractivity contribution < 1.29 is 0 Å². The van der Waals surface area contributed by atoms with Gasteiger partial charge in [0, 0.05) is 18.1 Å². The van der Waals surface area contributed by atoms with E-state index in [1.54, 1.807) is 0 Å². The van der Waals surface area contributed by atoms with Crippen LogP contribution >= 0.6 is 12.2 Å². The minimum absolute atomic E-state index is 0.462. The highest BCUT2D eigenvalue weighted by molar-refractivity contribution is 7.80. The molecule has 0 saturated heterocycles. The molecule has 0 aliphatic rings. The van der Waals surface area contributed by atoms with Gasteiger partial charge in [-0.25, -0.2) is 0 Å². The average molecular weight is 186 g/mol. The maximum Gasteiger partial charge on any atom is 0.0804 e. The van der Waals surface area contributed by atoms with Crippen molar-refractivity contribution in [2.45, 2.75) is 33.7 Å². The fourth-order valence-corrected chi connectivity index (χ4v) is 1.77. The molecule has 0 rings (SSSR count).